The average Bonchev–Trinajstić information content (AvgIpc) is 2.33. The second kappa shape index (κ2) is 7.36. The second-order valence-corrected chi connectivity index (χ2v) is 4.36. The van der Waals surface area contributed by atoms with Gasteiger partial charge in [-0.25, -0.2) is 0 Å². The Balaban J connectivity index is 2.38. The van der Waals surface area contributed by atoms with Gasteiger partial charge < -0.3 is 4.74 Å². The summed E-state index contributed by atoms with van der Waals surface area (Å²) in [5.41, 5.74) is 0.998. The largest absolute Gasteiger partial charge is 0.469 e. The first kappa shape index (κ1) is 14.1. The number of benzene rings is 1. The van der Waals surface area contributed by atoms with Crippen LogP contribution in [0.15, 0.2) is 24.3 Å². The van der Waals surface area contributed by atoms with Crippen LogP contribution in [0, 0.1) is 0 Å². The minimum Gasteiger partial charge on any atom is -0.469 e. The number of rotatable bonds is 5. The summed E-state index contributed by atoms with van der Waals surface area (Å²) >= 11 is 11.7. The van der Waals surface area contributed by atoms with E-state index < -0.39 is 0 Å². The number of halogens is 2. The Hall–Kier alpha value is -0.990. The highest BCUT2D eigenvalue weighted by atomic mass is 35.5. The van der Waals surface area contributed by atoms with Crippen LogP contribution >= 0.6 is 23.2 Å². The van der Waals surface area contributed by atoms with Crippen LogP contribution in [0.3, 0.4) is 0 Å². The Morgan fingerprint density at radius 3 is 2.76 bits per heavy atom. The summed E-state index contributed by atoms with van der Waals surface area (Å²) in [5.74, 6) is -0.173. The monoisotopic (exact) mass is 272 g/mol. The zero-order chi connectivity index (χ0) is 12.7. The molecular formula is C13H14Cl2O2. The Morgan fingerprint density at radius 1 is 1.35 bits per heavy atom. The molecule has 2 nitrogen and oxygen atoms in total. The van der Waals surface area contributed by atoms with Gasteiger partial charge in [0.05, 0.1) is 17.2 Å². The zero-order valence-corrected chi connectivity index (χ0v) is 11.1. The molecule has 0 aliphatic rings. The summed E-state index contributed by atoms with van der Waals surface area (Å²) in [6.07, 6.45) is 6.02. The van der Waals surface area contributed by atoms with Crippen molar-refractivity contribution in [2.75, 3.05) is 7.11 Å². The fourth-order valence-corrected chi connectivity index (χ4v) is 1.61. The van der Waals surface area contributed by atoms with Crippen LogP contribution < -0.4 is 0 Å². The molecule has 0 saturated carbocycles. The Labute approximate surface area is 111 Å². The van der Waals surface area contributed by atoms with E-state index >= 15 is 0 Å². The van der Waals surface area contributed by atoms with Gasteiger partial charge in [-0.15, -0.1) is 0 Å². The molecular weight excluding hydrogens is 259 g/mol. The number of hydrogen-bond donors (Lipinski definition) is 0. The lowest BCUT2D eigenvalue weighted by atomic mass is 10.1. The highest BCUT2D eigenvalue weighted by molar-refractivity contribution is 6.42. The number of carbonyl (C=O) groups excluding carboxylic acids is 1. The third-order valence-electron chi connectivity index (χ3n) is 2.23. The third kappa shape index (κ3) is 5.24. The summed E-state index contributed by atoms with van der Waals surface area (Å²) in [6, 6.07) is 5.46. The second-order valence-electron chi connectivity index (χ2n) is 3.54. The van der Waals surface area contributed by atoms with Crippen molar-refractivity contribution in [2.45, 2.75) is 19.3 Å². The molecule has 1 aromatic rings. The number of ether oxygens (including phenoxy) is 1. The van der Waals surface area contributed by atoms with Crippen LogP contribution in [0.5, 0.6) is 0 Å². The first-order chi connectivity index (χ1) is 8.13. The lowest BCUT2D eigenvalue weighted by Gasteiger charge is -1.98. The summed E-state index contributed by atoms with van der Waals surface area (Å²) in [4.78, 5) is 10.8. The van der Waals surface area contributed by atoms with Crippen LogP contribution in [0.1, 0.15) is 24.8 Å². The first-order valence-electron chi connectivity index (χ1n) is 5.32. The number of unbranched alkanes of at least 4 members (excludes halogenated alkanes) is 1. The van der Waals surface area contributed by atoms with Crippen molar-refractivity contribution in [1.82, 2.24) is 0 Å². The van der Waals surface area contributed by atoms with Gasteiger partial charge in [-0.3, -0.25) is 4.79 Å². The van der Waals surface area contributed by atoms with E-state index in [0.29, 0.717) is 16.5 Å². The van der Waals surface area contributed by atoms with Gasteiger partial charge in [0.1, 0.15) is 0 Å². The normalized spacial score (nSPS) is 10.8. The average molecular weight is 273 g/mol. The molecule has 92 valence electrons. The number of hydrogen-bond acceptors (Lipinski definition) is 2. The number of esters is 1. The van der Waals surface area contributed by atoms with Crippen LogP contribution in [0.4, 0.5) is 0 Å². The predicted octanol–water partition coefficient (Wildman–Crippen LogP) is 4.35. The molecule has 0 aromatic heterocycles. The van der Waals surface area contributed by atoms with Crippen molar-refractivity contribution in [2.24, 2.45) is 0 Å². The van der Waals surface area contributed by atoms with Gasteiger partial charge in [0, 0.05) is 6.42 Å². The van der Waals surface area contributed by atoms with E-state index in [9.17, 15) is 4.79 Å². The minimum absolute atomic E-state index is 0.173. The van der Waals surface area contributed by atoms with Crippen LogP contribution in [-0.4, -0.2) is 13.1 Å². The van der Waals surface area contributed by atoms with Gasteiger partial charge in [-0.05, 0) is 30.5 Å². The molecule has 0 heterocycles. The maximum atomic E-state index is 10.8. The van der Waals surface area contributed by atoms with Gasteiger partial charge >= 0.3 is 5.97 Å². The van der Waals surface area contributed by atoms with Gasteiger partial charge in [-0.2, -0.15) is 0 Å². The standard InChI is InChI=1S/C13H14Cl2O2/c1-17-13(16)6-4-2-3-5-10-7-8-11(14)12(15)9-10/h3,5,7-9H,2,4,6H2,1H3/b5-3+. The lowest BCUT2D eigenvalue weighted by molar-refractivity contribution is -0.140. The number of allylic oxidation sites excluding steroid dienone is 1. The number of carbonyl (C=O) groups is 1. The van der Waals surface area contributed by atoms with Crippen LogP contribution in [0.25, 0.3) is 6.08 Å². The highest BCUT2D eigenvalue weighted by Gasteiger charge is 1.98. The molecule has 0 radical (unpaired) electrons. The Kier molecular flexibility index (Phi) is 6.09. The van der Waals surface area contributed by atoms with Gasteiger partial charge in [0.25, 0.3) is 0 Å². The summed E-state index contributed by atoms with van der Waals surface area (Å²) in [5, 5.41) is 1.10. The topological polar surface area (TPSA) is 26.3 Å². The van der Waals surface area contributed by atoms with Crippen LogP contribution in [-0.2, 0) is 9.53 Å². The summed E-state index contributed by atoms with van der Waals surface area (Å²) < 4.78 is 4.55. The quantitative estimate of drug-likeness (QED) is 0.589. The van der Waals surface area contributed by atoms with E-state index in [1.165, 1.54) is 7.11 Å². The molecule has 0 atom stereocenters. The fourth-order valence-electron chi connectivity index (χ4n) is 1.30. The van der Waals surface area contributed by atoms with Crippen molar-refractivity contribution < 1.29 is 9.53 Å². The fraction of sp³-hybridized carbons (Fsp3) is 0.308. The molecule has 0 amide bonds. The zero-order valence-electron chi connectivity index (χ0n) is 9.58. The van der Waals surface area contributed by atoms with Gasteiger partial charge in [-0.1, -0.05) is 41.4 Å². The minimum atomic E-state index is -0.173. The molecule has 4 heteroatoms. The Morgan fingerprint density at radius 2 is 2.12 bits per heavy atom. The lowest BCUT2D eigenvalue weighted by Crippen LogP contribution is -1.98. The van der Waals surface area contributed by atoms with Gasteiger partial charge in [0.15, 0.2) is 0 Å². The van der Waals surface area contributed by atoms with E-state index in [2.05, 4.69) is 4.74 Å². The summed E-state index contributed by atoms with van der Waals surface area (Å²) in [6.45, 7) is 0. The third-order valence-corrected chi connectivity index (χ3v) is 2.97. The van der Waals surface area contributed by atoms with Crippen molar-refractivity contribution >= 4 is 35.2 Å². The van der Waals surface area contributed by atoms with Crippen molar-refractivity contribution in [3.8, 4) is 0 Å². The maximum Gasteiger partial charge on any atom is 0.305 e. The number of methoxy groups -OCH3 is 1. The molecule has 17 heavy (non-hydrogen) atoms. The molecule has 0 spiro atoms. The smallest absolute Gasteiger partial charge is 0.305 e. The Bertz CT molecular complexity index is 414. The molecule has 0 saturated heterocycles. The van der Waals surface area contributed by atoms with Crippen molar-refractivity contribution in [3.05, 3.63) is 39.9 Å². The molecule has 0 unspecified atom stereocenters. The molecule has 0 aliphatic carbocycles. The molecule has 0 fully saturated rings. The first-order valence-corrected chi connectivity index (χ1v) is 6.07. The van der Waals surface area contributed by atoms with Gasteiger partial charge in [0.2, 0.25) is 0 Å². The molecule has 0 N–H and O–H groups in total. The van der Waals surface area contributed by atoms with E-state index in [1.54, 1.807) is 12.1 Å². The highest BCUT2D eigenvalue weighted by Crippen LogP contribution is 2.23. The van der Waals surface area contributed by atoms with Crippen molar-refractivity contribution in [3.63, 3.8) is 0 Å². The summed E-state index contributed by atoms with van der Waals surface area (Å²) in [7, 11) is 1.40. The van der Waals surface area contributed by atoms with E-state index in [-0.39, 0.29) is 5.97 Å². The SMILES string of the molecule is COC(=O)CCC/C=C/c1ccc(Cl)c(Cl)c1. The maximum absolute atomic E-state index is 10.8. The molecule has 0 aliphatic heterocycles. The van der Waals surface area contributed by atoms with E-state index in [1.807, 2.05) is 18.2 Å². The van der Waals surface area contributed by atoms with Crippen molar-refractivity contribution in [1.29, 1.82) is 0 Å². The van der Waals surface area contributed by atoms with Crippen LogP contribution in [0.2, 0.25) is 10.0 Å². The van der Waals surface area contributed by atoms with E-state index in [4.69, 9.17) is 23.2 Å². The molecule has 1 aromatic carbocycles. The predicted molar refractivity (Wildman–Crippen MR) is 71.4 cm³/mol. The molecule has 0 bridgehead atoms. The van der Waals surface area contributed by atoms with E-state index in [0.717, 1.165) is 18.4 Å². The molecule has 1 rings (SSSR count).